The largest absolute Gasteiger partial charge is 0.462 e. The number of hydrogen-bond acceptors (Lipinski definition) is 4. The number of carbonyl (C=O) groups is 1. The molecule has 0 bridgehead atoms. The highest BCUT2D eigenvalue weighted by molar-refractivity contribution is 9.10. The number of halogens is 1. The second-order valence-corrected chi connectivity index (χ2v) is 6.13. The van der Waals surface area contributed by atoms with Crippen LogP contribution in [0.3, 0.4) is 0 Å². The molecule has 1 aromatic carbocycles. The van der Waals surface area contributed by atoms with E-state index in [0.717, 1.165) is 21.6 Å². The van der Waals surface area contributed by atoms with E-state index in [9.17, 15) is 4.79 Å². The molecular weight excluding hydrogens is 368 g/mol. The van der Waals surface area contributed by atoms with Gasteiger partial charge in [0.15, 0.2) is 0 Å². The summed E-state index contributed by atoms with van der Waals surface area (Å²) in [6, 6.07) is 9.57. The molecule has 0 unspecified atom stereocenters. The summed E-state index contributed by atoms with van der Waals surface area (Å²) in [6.07, 6.45) is 7.78. The van der Waals surface area contributed by atoms with Crippen molar-refractivity contribution in [3.63, 3.8) is 0 Å². The second kappa shape index (κ2) is 7.34. The van der Waals surface area contributed by atoms with E-state index in [0.29, 0.717) is 11.1 Å². The van der Waals surface area contributed by atoms with Gasteiger partial charge in [-0.3, -0.25) is 0 Å². The number of nitrogens with zero attached hydrogens (tertiary/aromatic N) is 1. The smallest absolute Gasteiger partial charge is 0.342 e. The molecule has 121 valence electrons. The van der Waals surface area contributed by atoms with E-state index < -0.39 is 5.97 Å². The molecule has 1 aliphatic carbocycles. The molecule has 2 aromatic rings. The highest BCUT2D eigenvalue weighted by Gasteiger charge is 2.25. The van der Waals surface area contributed by atoms with Crippen LogP contribution < -0.4 is 5.73 Å². The van der Waals surface area contributed by atoms with Crippen molar-refractivity contribution in [2.45, 2.75) is 6.92 Å². The van der Waals surface area contributed by atoms with Crippen LogP contribution in [0.25, 0.3) is 11.1 Å². The summed E-state index contributed by atoms with van der Waals surface area (Å²) in [6.45, 7) is 2.04. The average Bonchev–Trinajstić information content (AvgIpc) is 3.09. The maximum absolute atomic E-state index is 12.4. The normalized spacial score (nSPS) is 14.8. The maximum Gasteiger partial charge on any atom is 0.342 e. The van der Waals surface area contributed by atoms with Crippen LogP contribution in [0, 0.1) is 31.6 Å². The minimum atomic E-state index is -0.463. The zero-order valence-electron chi connectivity index (χ0n) is 13.1. The predicted octanol–water partition coefficient (Wildman–Crippen LogP) is 4.02. The summed E-state index contributed by atoms with van der Waals surface area (Å²) in [4.78, 5) is 16.8. The molecule has 0 saturated heterocycles. The maximum atomic E-state index is 12.4. The third-order valence-electron chi connectivity index (χ3n) is 3.64. The highest BCUT2D eigenvalue weighted by Crippen LogP contribution is 2.35. The molecule has 0 spiro atoms. The lowest BCUT2D eigenvalue weighted by molar-refractivity contribution is 0.0528. The molecule has 2 N–H and O–H groups in total. The molecule has 0 amide bonds. The first-order chi connectivity index (χ1) is 11.6. The molecule has 4 nitrogen and oxygen atoms in total. The Morgan fingerprint density at radius 2 is 1.88 bits per heavy atom. The Bertz CT molecular complexity index is 738. The third kappa shape index (κ3) is 3.46. The van der Waals surface area contributed by atoms with Crippen molar-refractivity contribution in [1.29, 1.82) is 0 Å². The predicted molar refractivity (Wildman–Crippen MR) is 97.3 cm³/mol. The number of benzene rings is 1. The molecule has 1 aromatic heterocycles. The summed E-state index contributed by atoms with van der Waals surface area (Å²) in [5.41, 5.74) is 8.72. The van der Waals surface area contributed by atoms with Crippen molar-refractivity contribution in [1.82, 2.24) is 4.98 Å². The molecule has 1 saturated carbocycles. The third-order valence-corrected chi connectivity index (χ3v) is 4.17. The highest BCUT2D eigenvalue weighted by atomic mass is 79.9. The van der Waals surface area contributed by atoms with Gasteiger partial charge in [-0.15, -0.1) is 0 Å². The number of nitrogens with two attached hydrogens (primary N) is 1. The fourth-order valence-corrected chi connectivity index (χ4v) is 2.80. The monoisotopic (exact) mass is 383 g/mol. The number of esters is 1. The first kappa shape index (κ1) is 17.0. The van der Waals surface area contributed by atoms with Gasteiger partial charge >= 0.3 is 5.97 Å². The Kier molecular flexibility index (Phi) is 5.19. The summed E-state index contributed by atoms with van der Waals surface area (Å²) >= 11 is 3.42. The number of anilines is 1. The number of carbonyl (C=O) groups excluding carboxylic acids is 1. The summed E-state index contributed by atoms with van der Waals surface area (Å²) in [5, 5.41) is 0. The van der Waals surface area contributed by atoms with Gasteiger partial charge in [-0.1, -0.05) is 28.1 Å². The number of rotatable bonds is 4. The zero-order valence-corrected chi connectivity index (χ0v) is 14.7. The lowest BCUT2D eigenvalue weighted by Gasteiger charge is -2.16. The van der Waals surface area contributed by atoms with Crippen LogP contribution in [0.2, 0.25) is 0 Å². The Morgan fingerprint density at radius 3 is 2.50 bits per heavy atom. The summed E-state index contributed by atoms with van der Waals surface area (Å²) in [5.74, 6) is 0.662. The zero-order chi connectivity index (χ0) is 17.1. The summed E-state index contributed by atoms with van der Waals surface area (Å²) in [7, 11) is 0. The lowest BCUT2D eigenvalue weighted by Crippen LogP contribution is -2.13. The molecule has 0 atom stereocenters. The summed E-state index contributed by atoms with van der Waals surface area (Å²) < 4.78 is 6.12. The number of pyridine rings is 1. The lowest BCUT2D eigenvalue weighted by atomic mass is 9.95. The molecule has 1 heterocycles. The Labute approximate surface area is 150 Å². The second-order valence-electron chi connectivity index (χ2n) is 5.22. The number of ether oxygens (including phenoxy) is 1. The van der Waals surface area contributed by atoms with Gasteiger partial charge in [-0.05, 0) is 56.4 Å². The van der Waals surface area contributed by atoms with Crippen LogP contribution in [0.5, 0.6) is 0 Å². The van der Waals surface area contributed by atoms with Gasteiger partial charge in [0.2, 0.25) is 0 Å². The molecule has 1 fully saturated rings. The van der Waals surface area contributed by atoms with Gasteiger partial charge < -0.3 is 10.5 Å². The number of aromatic nitrogens is 1. The Balaban J connectivity index is 2.13. The molecule has 1 aliphatic rings. The molecular formula is C19H16BrN2O2. The van der Waals surface area contributed by atoms with Crippen LogP contribution in [-0.2, 0) is 4.74 Å². The average molecular weight is 384 g/mol. The van der Waals surface area contributed by atoms with Crippen LogP contribution in [0.15, 0.2) is 34.8 Å². The minimum absolute atomic E-state index is 0.171. The van der Waals surface area contributed by atoms with Gasteiger partial charge in [0.05, 0.1) is 12.3 Å². The van der Waals surface area contributed by atoms with Crippen molar-refractivity contribution in [2.24, 2.45) is 0 Å². The van der Waals surface area contributed by atoms with Crippen LogP contribution in [0.1, 0.15) is 23.0 Å². The number of nitrogen functional groups attached to an aromatic ring is 1. The van der Waals surface area contributed by atoms with Crippen molar-refractivity contribution >= 4 is 27.7 Å². The molecule has 3 rings (SSSR count). The SMILES string of the molecule is CCOC(=O)c1c(-c2ccc(Br)cc2)cc([C]2[CH][CH][CH][CH]2)nc1N. The quantitative estimate of drug-likeness (QED) is 0.809. The van der Waals surface area contributed by atoms with Gasteiger partial charge in [-0.25, -0.2) is 9.78 Å². The van der Waals surface area contributed by atoms with Crippen LogP contribution in [-0.4, -0.2) is 17.6 Å². The van der Waals surface area contributed by atoms with E-state index >= 15 is 0 Å². The van der Waals surface area contributed by atoms with E-state index in [1.807, 2.05) is 56.0 Å². The van der Waals surface area contributed by atoms with Crippen molar-refractivity contribution in [3.05, 3.63) is 77.7 Å². The van der Waals surface area contributed by atoms with E-state index in [2.05, 4.69) is 20.9 Å². The Morgan fingerprint density at radius 1 is 1.21 bits per heavy atom. The van der Waals surface area contributed by atoms with Crippen LogP contribution in [0.4, 0.5) is 5.82 Å². The van der Waals surface area contributed by atoms with Crippen molar-refractivity contribution < 1.29 is 9.53 Å². The van der Waals surface area contributed by atoms with E-state index in [-0.39, 0.29) is 12.4 Å². The fourth-order valence-electron chi connectivity index (χ4n) is 2.53. The van der Waals surface area contributed by atoms with E-state index in [1.54, 1.807) is 6.92 Å². The molecule has 0 aliphatic heterocycles. The van der Waals surface area contributed by atoms with Gasteiger partial charge in [0.1, 0.15) is 11.4 Å². The van der Waals surface area contributed by atoms with Gasteiger partial charge in [-0.2, -0.15) is 0 Å². The Hall–Kier alpha value is -1.88. The first-order valence-corrected chi connectivity index (χ1v) is 8.35. The van der Waals surface area contributed by atoms with Crippen molar-refractivity contribution in [3.8, 4) is 11.1 Å². The van der Waals surface area contributed by atoms with E-state index in [1.165, 1.54) is 0 Å². The first-order valence-electron chi connectivity index (χ1n) is 7.55. The molecule has 5 heteroatoms. The van der Waals surface area contributed by atoms with Crippen LogP contribution >= 0.6 is 15.9 Å². The van der Waals surface area contributed by atoms with Crippen molar-refractivity contribution in [2.75, 3.05) is 12.3 Å². The van der Waals surface area contributed by atoms with Gasteiger partial charge in [0, 0.05) is 16.0 Å². The number of hydrogen-bond donors (Lipinski definition) is 1. The minimum Gasteiger partial charge on any atom is -0.462 e. The molecule has 24 heavy (non-hydrogen) atoms. The molecule has 5 radical (unpaired) electrons. The van der Waals surface area contributed by atoms with Gasteiger partial charge in [0.25, 0.3) is 0 Å². The fraction of sp³-hybridized carbons (Fsp3) is 0.105. The topological polar surface area (TPSA) is 65.2 Å². The standard InChI is InChI=1S/C19H16BrN2O2/c1-2-24-19(23)17-15(12-7-9-14(20)10-8-12)11-16(22-18(17)21)13-5-3-4-6-13/h3-11H,2H2,1H3,(H2,21,22). The van der Waals surface area contributed by atoms with E-state index in [4.69, 9.17) is 10.5 Å².